The van der Waals surface area contributed by atoms with Crippen molar-refractivity contribution < 1.29 is 19.1 Å². The zero-order valence-corrected chi connectivity index (χ0v) is 15.4. The standard InChI is InChI=1S/C21H24O4/c1-6-24-19-12-11-17(14(2)22)13-18(19)15-7-9-16(10-8-15)20(23)25-21(3,4)5/h7-13H,6H2,1-5H3. The van der Waals surface area contributed by atoms with Gasteiger partial charge in [0.2, 0.25) is 0 Å². The first-order valence-electron chi connectivity index (χ1n) is 8.33. The summed E-state index contributed by atoms with van der Waals surface area (Å²) in [7, 11) is 0. The number of hydrogen-bond acceptors (Lipinski definition) is 4. The van der Waals surface area contributed by atoms with E-state index in [0.717, 1.165) is 11.1 Å². The maximum Gasteiger partial charge on any atom is 0.338 e. The molecule has 132 valence electrons. The Morgan fingerprint density at radius 1 is 0.960 bits per heavy atom. The summed E-state index contributed by atoms with van der Waals surface area (Å²) in [4.78, 5) is 23.8. The first-order valence-corrected chi connectivity index (χ1v) is 8.33. The average Bonchev–Trinajstić information content (AvgIpc) is 2.54. The van der Waals surface area contributed by atoms with Crippen LogP contribution in [-0.4, -0.2) is 24.0 Å². The minimum absolute atomic E-state index is 0.00493. The van der Waals surface area contributed by atoms with Crippen LogP contribution in [-0.2, 0) is 4.74 Å². The van der Waals surface area contributed by atoms with Crippen molar-refractivity contribution in [2.24, 2.45) is 0 Å². The fraction of sp³-hybridized carbons (Fsp3) is 0.333. The second kappa shape index (κ2) is 7.51. The predicted octanol–water partition coefficient (Wildman–Crippen LogP) is 4.91. The highest BCUT2D eigenvalue weighted by Gasteiger charge is 2.18. The van der Waals surface area contributed by atoms with Crippen molar-refractivity contribution in [3.8, 4) is 16.9 Å². The van der Waals surface area contributed by atoms with Crippen molar-refractivity contribution in [1.29, 1.82) is 0 Å². The minimum atomic E-state index is -0.534. The number of carbonyl (C=O) groups excluding carboxylic acids is 2. The van der Waals surface area contributed by atoms with E-state index in [1.54, 1.807) is 24.3 Å². The first kappa shape index (κ1) is 18.7. The number of ketones is 1. The highest BCUT2D eigenvalue weighted by molar-refractivity contribution is 5.96. The molecule has 0 aliphatic carbocycles. The van der Waals surface area contributed by atoms with E-state index in [9.17, 15) is 9.59 Å². The third-order valence-electron chi connectivity index (χ3n) is 3.52. The van der Waals surface area contributed by atoms with Gasteiger partial charge in [-0.05, 0) is 70.5 Å². The molecule has 0 spiro atoms. The van der Waals surface area contributed by atoms with Gasteiger partial charge in [0.25, 0.3) is 0 Å². The molecule has 0 radical (unpaired) electrons. The lowest BCUT2D eigenvalue weighted by Gasteiger charge is -2.19. The van der Waals surface area contributed by atoms with Gasteiger partial charge >= 0.3 is 5.97 Å². The third kappa shape index (κ3) is 4.92. The van der Waals surface area contributed by atoms with Gasteiger partial charge in [-0.15, -0.1) is 0 Å². The van der Waals surface area contributed by atoms with E-state index in [4.69, 9.17) is 9.47 Å². The molecular formula is C21H24O4. The van der Waals surface area contributed by atoms with Crippen LogP contribution in [0.25, 0.3) is 11.1 Å². The maximum atomic E-state index is 12.1. The van der Waals surface area contributed by atoms with Crippen LogP contribution < -0.4 is 4.74 Å². The van der Waals surface area contributed by atoms with Gasteiger partial charge in [0.05, 0.1) is 12.2 Å². The van der Waals surface area contributed by atoms with E-state index in [2.05, 4.69) is 0 Å². The normalized spacial score (nSPS) is 11.1. The molecule has 0 amide bonds. The van der Waals surface area contributed by atoms with E-state index >= 15 is 0 Å². The smallest absolute Gasteiger partial charge is 0.338 e. The van der Waals surface area contributed by atoms with Crippen LogP contribution in [0.1, 0.15) is 55.3 Å². The Kier molecular flexibility index (Phi) is 5.62. The summed E-state index contributed by atoms with van der Waals surface area (Å²) in [5.41, 5.74) is 2.27. The highest BCUT2D eigenvalue weighted by atomic mass is 16.6. The fourth-order valence-corrected chi connectivity index (χ4v) is 2.38. The second-order valence-corrected chi connectivity index (χ2v) is 6.78. The number of Topliss-reactive ketones (excluding diaryl/α,β-unsaturated/α-hetero) is 1. The minimum Gasteiger partial charge on any atom is -0.493 e. The summed E-state index contributed by atoms with van der Waals surface area (Å²) in [5, 5.41) is 0. The Labute approximate surface area is 148 Å². The molecular weight excluding hydrogens is 316 g/mol. The Balaban J connectivity index is 2.37. The Morgan fingerprint density at radius 3 is 2.08 bits per heavy atom. The van der Waals surface area contributed by atoms with Crippen LogP contribution in [0.4, 0.5) is 0 Å². The Bertz CT molecular complexity index is 767. The zero-order chi connectivity index (χ0) is 18.6. The Morgan fingerprint density at radius 2 is 1.56 bits per heavy atom. The van der Waals surface area contributed by atoms with Crippen molar-refractivity contribution in [3.63, 3.8) is 0 Å². The van der Waals surface area contributed by atoms with E-state index < -0.39 is 5.60 Å². The van der Waals surface area contributed by atoms with Gasteiger partial charge < -0.3 is 9.47 Å². The lowest BCUT2D eigenvalue weighted by molar-refractivity contribution is 0.00694. The molecule has 0 aliphatic heterocycles. The number of rotatable bonds is 5. The van der Waals surface area contributed by atoms with Gasteiger partial charge in [0.15, 0.2) is 5.78 Å². The van der Waals surface area contributed by atoms with Gasteiger partial charge in [-0.2, -0.15) is 0 Å². The predicted molar refractivity (Wildman–Crippen MR) is 98.2 cm³/mol. The van der Waals surface area contributed by atoms with Gasteiger partial charge in [-0.25, -0.2) is 4.79 Å². The molecule has 4 nitrogen and oxygen atoms in total. The summed E-state index contributed by atoms with van der Waals surface area (Å²) < 4.78 is 11.0. The molecule has 0 atom stereocenters. The number of hydrogen-bond donors (Lipinski definition) is 0. The van der Waals surface area contributed by atoms with Crippen LogP contribution in [0.2, 0.25) is 0 Å². The molecule has 4 heteroatoms. The SMILES string of the molecule is CCOc1ccc(C(C)=O)cc1-c1ccc(C(=O)OC(C)(C)C)cc1. The first-order chi connectivity index (χ1) is 11.7. The molecule has 0 bridgehead atoms. The molecule has 0 saturated carbocycles. The molecule has 0 aromatic heterocycles. The van der Waals surface area contributed by atoms with Gasteiger partial charge in [-0.1, -0.05) is 12.1 Å². The number of esters is 1. The van der Waals surface area contributed by atoms with Crippen LogP contribution >= 0.6 is 0 Å². The summed E-state index contributed by atoms with van der Waals surface area (Å²) >= 11 is 0. The average molecular weight is 340 g/mol. The highest BCUT2D eigenvalue weighted by Crippen LogP contribution is 2.32. The topological polar surface area (TPSA) is 52.6 Å². The molecule has 2 aromatic carbocycles. The molecule has 0 fully saturated rings. The molecule has 2 rings (SSSR count). The van der Waals surface area contributed by atoms with E-state index in [-0.39, 0.29) is 11.8 Å². The summed E-state index contributed by atoms with van der Waals surface area (Å²) in [6, 6.07) is 12.5. The number of ether oxygens (including phenoxy) is 2. The van der Waals surface area contributed by atoms with Crippen molar-refractivity contribution in [2.75, 3.05) is 6.61 Å². The van der Waals surface area contributed by atoms with Crippen LogP contribution in [0.15, 0.2) is 42.5 Å². The molecule has 0 saturated heterocycles. The lowest BCUT2D eigenvalue weighted by Crippen LogP contribution is -2.23. The summed E-state index contributed by atoms with van der Waals surface area (Å²) in [6.07, 6.45) is 0. The van der Waals surface area contributed by atoms with Crippen LogP contribution in [0, 0.1) is 0 Å². The third-order valence-corrected chi connectivity index (χ3v) is 3.52. The largest absolute Gasteiger partial charge is 0.493 e. The van der Waals surface area contributed by atoms with Gasteiger partial charge in [0, 0.05) is 11.1 Å². The molecule has 0 heterocycles. The summed E-state index contributed by atoms with van der Waals surface area (Å²) in [5.74, 6) is 0.341. The maximum absolute atomic E-state index is 12.1. The van der Waals surface area contributed by atoms with Gasteiger partial charge in [-0.3, -0.25) is 4.79 Å². The van der Waals surface area contributed by atoms with Crippen LogP contribution in [0.3, 0.4) is 0 Å². The van der Waals surface area contributed by atoms with E-state index in [1.807, 2.05) is 45.9 Å². The molecule has 0 aliphatic rings. The number of benzene rings is 2. The van der Waals surface area contributed by atoms with Crippen LogP contribution in [0.5, 0.6) is 5.75 Å². The summed E-state index contributed by atoms with van der Waals surface area (Å²) in [6.45, 7) is 9.48. The van der Waals surface area contributed by atoms with Crippen molar-refractivity contribution in [1.82, 2.24) is 0 Å². The Hall–Kier alpha value is -2.62. The van der Waals surface area contributed by atoms with Crippen molar-refractivity contribution >= 4 is 11.8 Å². The number of carbonyl (C=O) groups is 2. The van der Waals surface area contributed by atoms with Gasteiger partial charge in [0.1, 0.15) is 11.4 Å². The fourth-order valence-electron chi connectivity index (χ4n) is 2.38. The molecule has 0 N–H and O–H groups in total. The quantitative estimate of drug-likeness (QED) is 0.573. The van der Waals surface area contributed by atoms with Crippen molar-refractivity contribution in [2.45, 2.75) is 40.2 Å². The van der Waals surface area contributed by atoms with E-state index in [0.29, 0.717) is 23.5 Å². The van der Waals surface area contributed by atoms with E-state index in [1.165, 1.54) is 6.92 Å². The second-order valence-electron chi connectivity index (χ2n) is 6.78. The molecule has 0 unspecified atom stereocenters. The monoisotopic (exact) mass is 340 g/mol. The molecule has 2 aromatic rings. The molecule has 25 heavy (non-hydrogen) atoms. The lowest BCUT2D eigenvalue weighted by atomic mass is 9.99. The van der Waals surface area contributed by atoms with Crippen molar-refractivity contribution in [3.05, 3.63) is 53.6 Å². The zero-order valence-electron chi connectivity index (χ0n) is 15.4.